The highest BCUT2D eigenvalue weighted by atomic mass is 32.2. The van der Waals surface area contributed by atoms with Gasteiger partial charge in [0.25, 0.3) is 5.91 Å². The van der Waals surface area contributed by atoms with Gasteiger partial charge in [0.2, 0.25) is 11.7 Å². The second kappa shape index (κ2) is 8.14. The third-order valence-electron chi connectivity index (χ3n) is 5.26. The fraction of sp³-hybridized carbons (Fsp3) is 0.130. The Bertz CT molecular complexity index is 1590. The second-order valence-corrected chi connectivity index (χ2v) is 9.69. The molecule has 0 radical (unpaired) electrons. The number of carbonyl (C=O) groups excluding carboxylic acids is 1. The topological polar surface area (TPSA) is 119 Å². The van der Waals surface area contributed by atoms with Crippen LogP contribution in [0.15, 0.2) is 76.6 Å². The number of imidazole rings is 1. The number of amides is 1. The molecule has 0 saturated heterocycles. The Morgan fingerprint density at radius 2 is 1.94 bits per heavy atom. The smallest absolute Gasteiger partial charge is 0.254 e. The molecule has 1 amide bonds. The molecule has 0 fully saturated rings. The fourth-order valence-electron chi connectivity index (χ4n) is 3.37. The minimum Gasteiger partial charge on any atom is -0.436 e. The molecule has 0 aliphatic carbocycles. The van der Waals surface area contributed by atoms with Crippen molar-refractivity contribution in [2.75, 3.05) is 5.75 Å². The number of benzene rings is 2. The number of oxazole rings is 1. The number of carbonyl (C=O) groups is 1. The summed E-state index contributed by atoms with van der Waals surface area (Å²) >= 11 is 0. The van der Waals surface area contributed by atoms with E-state index in [1.807, 2.05) is 24.3 Å². The molecule has 3 aromatic heterocycles. The van der Waals surface area contributed by atoms with Crippen molar-refractivity contribution in [1.82, 2.24) is 24.7 Å². The quantitative estimate of drug-likeness (QED) is 0.412. The van der Waals surface area contributed by atoms with Crippen LogP contribution in [0.4, 0.5) is 0 Å². The molecule has 5 rings (SSSR count). The molecule has 0 bridgehead atoms. The molecule has 0 unspecified atom stereocenters. The highest BCUT2D eigenvalue weighted by Crippen LogP contribution is 2.26. The van der Waals surface area contributed by atoms with E-state index in [1.165, 1.54) is 18.3 Å². The molecule has 0 saturated carbocycles. The third-order valence-corrected chi connectivity index (χ3v) is 6.99. The number of hydrogen-bond donors (Lipinski definition) is 1. The molecular weight excluding hydrogens is 442 g/mol. The maximum atomic E-state index is 12.4. The van der Waals surface area contributed by atoms with Crippen molar-refractivity contribution in [2.45, 2.75) is 18.4 Å². The van der Waals surface area contributed by atoms with Crippen LogP contribution in [-0.2, 0) is 16.4 Å². The highest BCUT2D eigenvalue weighted by molar-refractivity contribution is 7.91. The van der Waals surface area contributed by atoms with Gasteiger partial charge in [-0.3, -0.25) is 9.20 Å². The minimum atomic E-state index is -3.32. The van der Waals surface area contributed by atoms with Gasteiger partial charge in [0.15, 0.2) is 15.4 Å². The summed E-state index contributed by atoms with van der Waals surface area (Å²) in [5, 5.41) is 2.87. The summed E-state index contributed by atoms with van der Waals surface area (Å²) in [6, 6.07) is 12.1. The predicted octanol–water partition coefficient (Wildman–Crippen LogP) is 3.26. The lowest BCUT2D eigenvalue weighted by atomic mass is 10.1. The number of fused-ring (bicyclic) bond motifs is 2. The van der Waals surface area contributed by atoms with Crippen molar-refractivity contribution in [3.05, 3.63) is 78.4 Å². The maximum Gasteiger partial charge on any atom is 0.254 e. The number of hydrogen-bond acceptors (Lipinski definition) is 7. The van der Waals surface area contributed by atoms with E-state index >= 15 is 0 Å². The first-order valence-corrected chi connectivity index (χ1v) is 11.9. The van der Waals surface area contributed by atoms with Crippen LogP contribution in [0, 0.1) is 0 Å². The number of nitrogens with one attached hydrogen (secondary N) is 1. The summed E-state index contributed by atoms with van der Waals surface area (Å²) < 4.78 is 31.7. The maximum absolute atomic E-state index is 12.4. The molecule has 10 heteroatoms. The fourth-order valence-corrected chi connectivity index (χ4v) is 4.27. The van der Waals surface area contributed by atoms with Crippen molar-refractivity contribution in [3.8, 4) is 11.5 Å². The Morgan fingerprint density at radius 1 is 1.12 bits per heavy atom. The van der Waals surface area contributed by atoms with Gasteiger partial charge in [-0.25, -0.2) is 23.4 Å². The predicted molar refractivity (Wildman–Crippen MR) is 121 cm³/mol. The van der Waals surface area contributed by atoms with E-state index < -0.39 is 9.84 Å². The minimum absolute atomic E-state index is 0.0237. The van der Waals surface area contributed by atoms with E-state index in [4.69, 9.17) is 4.42 Å². The van der Waals surface area contributed by atoms with E-state index in [0.717, 1.165) is 11.1 Å². The first-order valence-electron chi connectivity index (χ1n) is 10.2. The lowest BCUT2D eigenvalue weighted by molar-refractivity contribution is 0.0950. The monoisotopic (exact) mass is 461 g/mol. The molecule has 9 nitrogen and oxygen atoms in total. The second-order valence-electron chi connectivity index (χ2n) is 7.41. The summed E-state index contributed by atoms with van der Waals surface area (Å²) in [5.41, 5.74) is 3.08. The summed E-state index contributed by atoms with van der Waals surface area (Å²) in [7, 11) is -3.32. The molecule has 0 aliphatic heterocycles. The molecule has 33 heavy (non-hydrogen) atoms. The molecule has 2 aromatic carbocycles. The first-order chi connectivity index (χ1) is 15.9. The number of nitrogens with zero attached hydrogens (tertiary/aromatic N) is 4. The molecule has 0 atom stereocenters. The van der Waals surface area contributed by atoms with Crippen LogP contribution in [0.1, 0.15) is 22.8 Å². The Hall–Kier alpha value is -4.05. The number of sulfone groups is 1. The molecule has 0 aliphatic rings. The van der Waals surface area contributed by atoms with Crippen LogP contribution in [0.3, 0.4) is 0 Å². The molecule has 5 aromatic rings. The van der Waals surface area contributed by atoms with Crippen LogP contribution >= 0.6 is 0 Å². The summed E-state index contributed by atoms with van der Waals surface area (Å²) in [6.07, 6.45) is 6.52. The van der Waals surface area contributed by atoms with Gasteiger partial charge in [0.1, 0.15) is 5.52 Å². The molecule has 3 heterocycles. The molecule has 0 spiro atoms. The average Bonchev–Trinajstić information content (AvgIpc) is 3.48. The third kappa shape index (κ3) is 4.08. The Morgan fingerprint density at radius 3 is 2.73 bits per heavy atom. The zero-order chi connectivity index (χ0) is 23.0. The van der Waals surface area contributed by atoms with Crippen LogP contribution in [-0.4, -0.2) is 39.4 Å². The van der Waals surface area contributed by atoms with E-state index in [1.54, 1.807) is 36.0 Å². The Balaban J connectivity index is 1.29. The normalized spacial score (nSPS) is 11.8. The zero-order valence-electron chi connectivity index (χ0n) is 17.6. The largest absolute Gasteiger partial charge is 0.436 e. The van der Waals surface area contributed by atoms with Crippen molar-refractivity contribution in [3.63, 3.8) is 0 Å². The van der Waals surface area contributed by atoms with Crippen molar-refractivity contribution in [2.24, 2.45) is 0 Å². The van der Waals surface area contributed by atoms with Gasteiger partial charge in [-0.05, 0) is 35.9 Å². The summed E-state index contributed by atoms with van der Waals surface area (Å²) in [4.78, 5) is 25.3. The van der Waals surface area contributed by atoms with Crippen LogP contribution < -0.4 is 5.32 Å². The lowest BCUT2D eigenvalue weighted by Crippen LogP contribution is -2.23. The van der Waals surface area contributed by atoms with Crippen LogP contribution in [0.5, 0.6) is 0 Å². The van der Waals surface area contributed by atoms with Gasteiger partial charge in [0.05, 0.1) is 16.2 Å². The van der Waals surface area contributed by atoms with Crippen molar-refractivity contribution < 1.29 is 17.6 Å². The van der Waals surface area contributed by atoms with Gasteiger partial charge in [0, 0.05) is 36.9 Å². The summed E-state index contributed by atoms with van der Waals surface area (Å²) in [5.74, 6) is 0.713. The molecule has 166 valence electrons. The van der Waals surface area contributed by atoms with Gasteiger partial charge in [-0.15, -0.1) is 0 Å². The SMILES string of the molecule is CCS(=O)(=O)c1ccc2oc(-c3ccc(CNC(=O)c4cnc5nccn5c4)cc3)nc2c1. The average molecular weight is 462 g/mol. The van der Waals surface area contributed by atoms with Gasteiger partial charge in [-0.2, -0.15) is 0 Å². The van der Waals surface area contributed by atoms with E-state index in [2.05, 4.69) is 20.3 Å². The van der Waals surface area contributed by atoms with Crippen LogP contribution in [0.25, 0.3) is 28.3 Å². The van der Waals surface area contributed by atoms with Crippen LogP contribution in [0.2, 0.25) is 0 Å². The van der Waals surface area contributed by atoms with Crippen molar-refractivity contribution in [1.29, 1.82) is 0 Å². The molecule has 1 N–H and O–H groups in total. The van der Waals surface area contributed by atoms with E-state index in [0.29, 0.717) is 34.9 Å². The zero-order valence-corrected chi connectivity index (χ0v) is 18.4. The Labute approximate surface area is 189 Å². The lowest BCUT2D eigenvalue weighted by Gasteiger charge is -2.06. The van der Waals surface area contributed by atoms with Gasteiger partial charge >= 0.3 is 0 Å². The highest BCUT2D eigenvalue weighted by Gasteiger charge is 2.15. The Kier molecular flexibility index (Phi) is 5.14. The standard InChI is InChI=1S/C23H19N5O4S/c1-2-33(30,31)18-7-8-20-19(11-18)27-22(32-20)16-5-3-15(4-6-16)12-25-21(29)17-13-26-23-24-9-10-28(23)14-17/h3-11,13-14H,2,12H2,1H3,(H,25,29). The van der Waals surface area contributed by atoms with Crippen molar-refractivity contribution >= 4 is 32.6 Å². The van der Waals surface area contributed by atoms with E-state index in [-0.39, 0.29) is 16.6 Å². The molecular formula is C23H19N5O4S. The van der Waals surface area contributed by atoms with Gasteiger partial charge < -0.3 is 9.73 Å². The first kappa shape index (κ1) is 20.8. The summed E-state index contributed by atoms with van der Waals surface area (Å²) in [6.45, 7) is 1.94. The number of aromatic nitrogens is 4. The van der Waals surface area contributed by atoms with Gasteiger partial charge in [-0.1, -0.05) is 19.1 Å². The van der Waals surface area contributed by atoms with E-state index in [9.17, 15) is 13.2 Å². The number of rotatable bonds is 6.